The van der Waals surface area contributed by atoms with Gasteiger partial charge in [-0.1, -0.05) is 25.0 Å². The van der Waals surface area contributed by atoms with Gasteiger partial charge in [0, 0.05) is 12.6 Å². The molecular weight excluding hydrogens is 251 g/mol. The van der Waals surface area contributed by atoms with E-state index in [2.05, 4.69) is 4.90 Å². The Labute approximate surface area is 121 Å². The second-order valence-corrected chi connectivity index (χ2v) is 6.23. The van der Waals surface area contributed by atoms with Crippen molar-refractivity contribution in [2.24, 2.45) is 11.7 Å². The molecule has 0 spiro atoms. The average molecular weight is 276 g/mol. The normalized spacial score (nSPS) is 26.4. The maximum Gasteiger partial charge on any atom is 0.146 e. The highest BCUT2D eigenvalue weighted by Gasteiger charge is 2.34. The first-order chi connectivity index (χ1) is 9.81. The van der Waals surface area contributed by atoms with Gasteiger partial charge in [-0.3, -0.25) is 0 Å². The molecule has 0 radical (unpaired) electrons. The van der Waals surface area contributed by atoms with Crippen LogP contribution in [-0.2, 0) is 6.42 Å². The van der Waals surface area contributed by atoms with E-state index in [-0.39, 0.29) is 5.82 Å². The van der Waals surface area contributed by atoms with Crippen molar-refractivity contribution in [2.75, 3.05) is 18.0 Å². The number of hydrogen-bond donors (Lipinski definition) is 1. The standard InChI is InChI=1S/C17H25FN2/c18-15-8-3-6-14(10-11-19)17(15)20-12-4-7-13-5-1-2-9-16(13)20/h3,6,8,13,16H,1-2,4-5,7,9-12,19H2. The lowest BCUT2D eigenvalue weighted by Gasteiger charge is -2.46. The van der Waals surface area contributed by atoms with Crippen LogP contribution in [0.5, 0.6) is 0 Å². The quantitative estimate of drug-likeness (QED) is 0.915. The van der Waals surface area contributed by atoms with Crippen LogP contribution < -0.4 is 10.6 Å². The lowest BCUT2D eigenvalue weighted by Crippen LogP contribution is -2.47. The fourth-order valence-corrected chi connectivity index (χ4v) is 4.14. The van der Waals surface area contributed by atoms with Crippen molar-refractivity contribution < 1.29 is 4.39 Å². The maximum absolute atomic E-state index is 14.4. The summed E-state index contributed by atoms with van der Waals surface area (Å²) in [5, 5.41) is 0. The van der Waals surface area contributed by atoms with E-state index in [1.54, 1.807) is 6.07 Å². The number of fused-ring (bicyclic) bond motifs is 1. The number of halogens is 1. The van der Waals surface area contributed by atoms with Crippen LogP contribution >= 0.6 is 0 Å². The topological polar surface area (TPSA) is 29.3 Å². The fourth-order valence-electron chi connectivity index (χ4n) is 4.14. The Bertz CT molecular complexity index is 458. The first-order valence-electron chi connectivity index (χ1n) is 8.05. The number of para-hydroxylation sites is 1. The van der Waals surface area contributed by atoms with Gasteiger partial charge in [-0.05, 0) is 56.2 Å². The van der Waals surface area contributed by atoms with Crippen molar-refractivity contribution in [3.8, 4) is 0 Å². The van der Waals surface area contributed by atoms with E-state index < -0.39 is 0 Å². The van der Waals surface area contributed by atoms with Gasteiger partial charge >= 0.3 is 0 Å². The second-order valence-electron chi connectivity index (χ2n) is 6.23. The average Bonchev–Trinajstić information content (AvgIpc) is 2.48. The molecule has 3 rings (SSSR count). The van der Waals surface area contributed by atoms with Gasteiger partial charge in [-0.25, -0.2) is 4.39 Å². The third-order valence-corrected chi connectivity index (χ3v) is 5.01. The molecular formula is C17H25FN2. The van der Waals surface area contributed by atoms with Crippen molar-refractivity contribution in [1.29, 1.82) is 0 Å². The molecule has 1 aromatic rings. The van der Waals surface area contributed by atoms with Crippen LogP contribution in [0.1, 0.15) is 44.1 Å². The van der Waals surface area contributed by atoms with E-state index in [1.165, 1.54) is 38.5 Å². The molecule has 2 aliphatic rings. The van der Waals surface area contributed by atoms with Crippen LogP contribution in [0.25, 0.3) is 0 Å². The smallest absolute Gasteiger partial charge is 0.146 e. The first-order valence-corrected chi connectivity index (χ1v) is 8.05. The van der Waals surface area contributed by atoms with Gasteiger partial charge in [0.25, 0.3) is 0 Å². The Morgan fingerprint density at radius 2 is 1.95 bits per heavy atom. The largest absolute Gasteiger partial charge is 0.366 e. The van der Waals surface area contributed by atoms with E-state index in [1.807, 2.05) is 12.1 Å². The second kappa shape index (κ2) is 6.13. The van der Waals surface area contributed by atoms with Crippen molar-refractivity contribution in [1.82, 2.24) is 0 Å². The summed E-state index contributed by atoms with van der Waals surface area (Å²) in [5.74, 6) is 0.699. The number of nitrogens with two attached hydrogens (primary N) is 1. The molecule has 0 amide bonds. The van der Waals surface area contributed by atoms with E-state index in [9.17, 15) is 4.39 Å². The molecule has 3 heteroatoms. The number of hydrogen-bond acceptors (Lipinski definition) is 2. The minimum Gasteiger partial charge on any atom is -0.366 e. The Kier molecular flexibility index (Phi) is 4.25. The Balaban J connectivity index is 1.94. The van der Waals surface area contributed by atoms with Gasteiger partial charge in [-0.2, -0.15) is 0 Å². The van der Waals surface area contributed by atoms with E-state index in [0.717, 1.165) is 30.1 Å². The molecule has 1 aliphatic heterocycles. The molecule has 2 fully saturated rings. The highest BCUT2D eigenvalue weighted by molar-refractivity contribution is 5.56. The van der Waals surface area contributed by atoms with E-state index >= 15 is 0 Å². The molecule has 2 atom stereocenters. The zero-order valence-electron chi connectivity index (χ0n) is 12.2. The highest BCUT2D eigenvalue weighted by atomic mass is 19.1. The lowest BCUT2D eigenvalue weighted by atomic mass is 9.78. The Morgan fingerprint density at radius 3 is 2.80 bits per heavy atom. The van der Waals surface area contributed by atoms with Gasteiger partial charge in [0.15, 0.2) is 0 Å². The number of piperidine rings is 1. The van der Waals surface area contributed by atoms with E-state index in [0.29, 0.717) is 12.6 Å². The van der Waals surface area contributed by atoms with Crippen LogP contribution in [0.3, 0.4) is 0 Å². The summed E-state index contributed by atoms with van der Waals surface area (Å²) in [6, 6.07) is 6.00. The predicted molar refractivity (Wildman–Crippen MR) is 81.5 cm³/mol. The van der Waals surface area contributed by atoms with Gasteiger partial charge in [0.05, 0.1) is 5.69 Å². The Hall–Kier alpha value is -1.09. The van der Waals surface area contributed by atoms with Gasteiger partial charge in [-0.15, -0.1) is 0 Å². The molecule has 1 saturated carbocycles. The molecule has 0 bridgehead atoms. The van der Waals surface area contributed by atoms with Crippen LogP contribution in [0.15, 0.2) is 18.2 Å². The highest BCUT2D eigenvalue weighted by Crippen LogP contribution is 2.39. The van der Waals surface area contributed by atoms with Crippen molar-refractivity contribution in [3.05, 3.63) is 29.6 Å². The Morgan fingerprint density at radius 1 is 1.15 bits per heavy atom. The molecule has 2 unspecified atom stereocenters. The fraction of sp³-hybridized carbons (Fsp3) is 0.647. The summed E-state index contributed by atoms with van der Waals surface area (Å²) in [5.41, 5.74) is 7.62. The van der Waals surface area contributed by atoms with Crippen molar-refractivity contribution in [2.45, 2.75) is 51.0 Å². The molecule has 2 nitrogen and oxygen atoms in total. The van der Waals surface area contributed by atoms with Gasteiger partial charge < -0.3 is 10.6 Å². The van der Waals surface area contributed by atoms with Crippen molar-refractivity contribution >= 4 is 5.69 Å². The van der Waals surface area contributed by atoms with Crippen LogP contribution in [0, 0.1) is 11.7 Å². The molecule has 2 N–H and O–H groups in total. The molecule has 0 aromatic heterocycles. The number of benzene rings is 1. The minimum atomic E-state index is -0.0674. The molecule has 1 saturated heterocycles. The predicted octanol–water partition coefficient (Wildman–Crippen LogP) is 3.49. The van der Waals surface area contributed by atoms with Crippen molar-refractivity contribution in [3.63, 3.8) is 0 Å². The van der Waals surface area contributed by atoms with E-state index in [4.69, 9.17) is 5.73 Å². The minimum absolute atomic E-state index is 0.0674. The number of nitrogens with zero attached hydrogens (tertiary/aromatic N) is 1. The number of rotatable bonds is 3. The van der Waals surface area contributed by atoms with Gasteiger partial charge in [0.2, 0.25) is 0 Å². The molecule has 1 heterocycles. The summed E-state index contributed by atoms with van der Waals surface area (Å²) in [6.45, 7) is 1.58. The summed E-state index contributed by atoms with van der Waals surface area (Å²) in [7, 11) is 0. The number of anilines is 1. The van der Waals surface area contributed by atoms with Crippen LogP contribution in [0.2, 0.25) is 0 Å². The van der Waals surface area contributed by atoms with Crippen LogP contribution in [-0.4, -0.2) is 19.1 Å². The molecule has 1 aliphatic carbocycles. The third-order valence-electron chi connectivity index (χ3n) is 5.01. The SMILES string of the molecule is NCCc1cccc(F)c1N1CCCC2CCCCC21. The maximum atomic E-state index is 14.4. The molecule has 110 valence electrons. The molecule has 1 aromatic carbocycles. The van der Waals surface area contributed by atoms with Gasteiger partial charge in [0.1, 0.15) is 5.82 Å². The summed E-state index contributed by atoms with van der Waals surface area (Å²) < 4.78 is 14.4. The lowest BCUT2D eigenvalue weighted by molar-refractivity contribution is 0.242. The zero-order valence-corrected chi connectivity index (χ0v) is 12.2. The third kappa shape index (κ3) is 2.56. The monoisotopic (exact) mass is 276 g/mol. The summed E-state index contributed by atoms with van der Waals surface area (Å²) in [6.07, 6.45) is 8.46. The zero-order chi connectivity index (χ0) is 13.9. The first kappa shape index (κ1) is 13.9. The summed E-state index contributed by atoms with van der Waals surface area (Å²) >= 11 is 0. The molecule has 20 heavy (non-hydrogen) atoms. The summed E-state index contributed by atoms with van der Waals surface area (Å²) in [4.78, 5) is 2.37. The van der Waals surface area contributed by atoms with Crippen LogP contribution in [0.4, 0.5) is 10.1 Å².